The zero-order chi connectivity index (χ0) is 21.8. The molecule has 0 radical (unpaired) electrons. The molecule has 1 atom stereocenters. The normalized spacial score (nSPS) is 15.9. The molecule has 0 spiro atoms. The number of aromatic nitrogens is 2. The quantitative estimate of drug-likeness (QED) is 0.546. The molecule has 1 fully saturated rings. The van der Waals surface area contributed by atoms with Crippen LogP contribution < -0.4 is 14.2 Å². The van der Waals surface area contributed by atoms with Crippen molar-refractivity contribution < 1.29 is 23.5 Å². The third-order valence-electron chi connectivity index (χ3n) is 5.24. The van der Waals surface area contributed by atoms with E-state index in [1.54, 1.807) is 26.4 Å². The van der Waals surface area contributed by atoms with Gasteiger partial charge in [0.1, 0.15) is 17.2 Å². The summed E-state index contributed by atoms with van der Waals surface area (Å²) in [6.07, 6.45) is 0.351. The van der Waals surface area contributed by atoms with Gasteiger partial charge in [-0.25, -0.2) is 0 Å². The van der Waals surface area contributed by atoms with Crippen LogP contribution in [-0.2, 0) is 11.3 Å². The molecule has 0 aliphatic carbocycles. The zero-order valence-corrected chi connectivity index (χ0v) is 17.8. The minimum absolute atomic E-state index is 0.0696. The number of hydrogen-bond acceptors (Lipinski definition) is 7. The molecule has 162 valence electrons. The molecule has 0 saturated carbocycles. The molecule has 1 aliphatic heterocycles. The lowest BCUT2D eigenvalue weighted by molar-refractivity contribution is -0.128. The second kappa shape index (κ2) is 9.07. The van der Waals surface area contributed by atoms with E-state index in [0.29, 0.717) is 54.9 Å². The lowest BCUT2D eigenvalue weighted by Gasteiger charge is -2.16. The Labute approximate surface area is 180 Å². The Kier molecular flexibility index (Phi) is 6.06. The second-order valence-electron chi connectivity index (χ2n) is 7.28. The molecular weight excluding hydrogens is 398 g/mol. The Morgan fingerprint density at radius 1 is 1.13 bits per heavy atom. The molecule has 0 bridgehead atoms. The molecule has 1 unspecified atom stereocenters. The van der Waals surface area contributed by atoms with Crippen molar-refractivity contribution in [2.24, 2.45) is 0 Å². The van der Waals surface area contributed by atoms with Gasteiger partial charge in [-0.1, -0.05) is 17.3 Å². The van der Waals surface area contributed by atoms with Crippen LogP contribution in [0, 0.1) is 0 Å². The van der Waals surface area contributed by atoms with Gasteiger partial charge >= 0.3 is 0 Å². The smallest absolute Gasteiger partial charge is 0.261 e. The Morgan fingerprint density at radius 3 is 2.77 bits per heavy atom. The maximum Gasteiger partial charge on any atom is 0.261 e. The first kappa shape index (κ1) is 20.7. The van der Waals surface area contributed by atoms with Crippen molar-refractivity contribution in [3.8, 4) is 28.7 Å². The lowest BCUT2D eigenvalue weighted by Crippen LogP contribution is -2.24. The van der Waals surface area contributed by atoms with Crippen LogP contribution in [0.15, 0.2) is 47.0 Å². The van der Waals surface area contributed by atoms with Crippen LogP contribution in [0.4, 0.5) is 0 Å². The van der Waals surface area contributed by atoms with Crippen molar-refractivity contribution in [1.82, 2.24) is 15.0 Å². The molecule has 31 heavy (non-hydrogen) atoms. The Balaban J connectivity index is 1.48. The minimum atomic E-state index is -0.121. The number of rotatable bonds is 8. The van der Waals surface area contributed by atoms with Crippen LogP contribution in [0.1, 0.15) is 30.7 Å². The molecule has 1 aromatic heterocycles. The van der Waals surface area contributed by atoms with Crippen LogP contribution in [0.25, 0.3) is 11.5 Å². The Morgan fingerprint density at radius 2 is 2.00 bits per heavy atom. The average molecular weight is 423 g/mol. The van der Waals surface area contributed by atoms with E-state index in [-0.39, 0.29) is 11.8 Å². The van der Waals surface area contributed by atoms with Gasteiger partial charge in [-0.2, -0.15) is 4.98 Å². The van der Waals surface area contributed by atoms with Crippen molar-refractivity contribution in [1.29, 1.82) is 0 Å². The maximum absolute atomic E-state index is 12.6. The molecule has 1 saturated heterocycles. The second-order valence-corrected chi connectivity index (χ2v) is 7.28. The molecule has 1 aliphatic rings. The van der Waals surface area contributed by atoms with E-state index in [0.717, 1.165) is 11.3 Å². The maximum atomic E-state index is 12.6. The summed E-state index contributed by atoms with van der Waals surface area (Å²) in [5.74, 6) is 2.87. The van der Waals surface area contributed by atoms with Crippen LogP contribution in [0.3, 0.4) is 0 Å². The highest BCUT2D eigenvalue weighted by atomic mass is 16.5. The van der Waals surface area contributed by atoms with Crippen molar-refractivity contribution in [3.05, 3.63) is 53.9 Å². The summed E-state index contributed by atoms with van der Waals surface area (Å²) < 4.78 is 21.7. The number of likely N-dealkylation sites (tertiary alicyclic amines) is 1. The SMILES string of the molecule is CCOc1cccc(CN2CC(c3noc(-c4ccc(OC)cc4OC)n3)CC2=O)c1. The van der Waals surface area contributed by atoms with E-state index in [9.17, 15) is 4.79 Å². The lowest BCUT2D eigenvalue weighted by atomic mass is 10.1. The van der Waals surface area contributed by atoms with Gasteiger partial charge in [0.25, 0.3) is 5.89 Å². The van der Waals surface area contributed by atoms with E-state index in [1.807, 2.05) is 42.2 Å². The van der Waals surface area contributed by atoms with Crippen LogP contribution in [0.2, 0.25) is 0 Å². The number of benzene rings is 2. The largest absolute Gasteiger partial charge is 0.497 e. The van der Waals surface area contributed by atoms with Gasteiger partial charge in [-0.3, -0.25) is 4.79 Å². The fourth-order valence-electron chi connectivity index (χ4n) is 3.70. The van der Waals surface area contributed by atoms with Gasteiger partial charge in [0.05, 0.1) is 26.4 Å². The number of carbonyl (C=O) groups is 1. The van der Waals surface area contributed by atoms with E-state index in [4.69, 9.17) is 18.7 Å². The zero-order valence-electron chi connectivity index (χ0n) is 17.8. The first-order valence-corrected chi connectivity index (χ1v) is 10.2. The van der Waals surface area contributed by atoms with Gasteiger partial charge in [-0.05, 0) is 36.8 Å². The number of ether oxygens (including phenoxy) is 3. The molecule has 1 amide bonds. The molecule has 4 rings (SSSR count). The van der Waals surface area contributed by atoms with E-state index in [1.165, 1.54) is 0 Å². The van der Waals surface area contributed by atoms with Crippen molar-refractivity contribution in [2.45, 2.75) is 25.8 Å². The minimum Gasteiger partial charge on any atom is -0.497 e. The summed E-state index contributed by atoms with van der Waals surface area (Å²) in [6.45, 7) is 3.61. The van der Waals surface area contributed by atoms with Crippen molar-refractivity contribution in [3.63, 3.8) is 0 Å². The summed E-state index contributed by atoms with van der Waals surface area (Å²) in [4.78, 5) is 19.0. The summed E-state index contributed by atoms with van der Waals surface area (Å²) in [6, 6.07) is 13.2. The van der Waals surface area contributed by atoms with Gasteiger partial charge in [0.15, 0.2) is 5.82 Å². The standard InChI is InChI=1S/C23H25N3O5/c1-4-30-18-7-5-6-15(10-18)13-26-14-16(11-21(26)27)22-24-23(31-25-22)19-9-8-17(28-2)12-20(19)29-3/h5-10,12,16H,4,11,13-14H2,1-3H3. The van der Waals surface area contributed by atoms with Crippen LogP contribution in [-0.4, -0.2) is 48.3 Å². The predicted molar refractivity (Wildman–Crippen MR) is 113 cm³/mol. The fourth-order valence-corrected chi connectivity index (χ4v) is 3.70. The number of amides is 1. The number of carbonyl (C=O) groups excluding carboxylic acids is 1. The molecular formula is C23H25N3O5. The number of methoxy groups -OCH3 is 2. The topological polar surface area (TPSA) is 86.9 Å². The third kappa shape index (κ3) is 4.47. The van der Waals surface area contributed by atoms with Gasteiger partial charge in [0.2, 0.25) is 5.91 Å². The van der Waals surface area contributed by atoms with Crippen molar-refractivity contribution in [2.75, 3.05) is 27.4 Å². The highest BCUT2D eigenvalue weighted by Gasteiger charge is 2.34. The monoisotopic (exact) mass is 423 g/mol. The predicted octanol–water partition coefficient (Wildman–Crippen LogP) is 3.67. The highest BCUT2D eigenvalue weighted by Crippen LogP contribution is 2.34. The van der Waals surface area contributed by atoms with E-state index in [2.05, 4.69) is 10.1 Å². The van der Waals surface area contributed by atoms with Crippen molar-refractivity contribution >= 4 is 5.91 Å². The molecule has 8 heteroatoms. The van der Waals surface area contributed by atoms with Crippen LogP contribution in [0.5, 0.6) is 17.2 Å². The van der Waals surface area contributed by atoms with E-state index >= 15 is 0 Å². The fraction of sp³-hybridized carbons (Fsp3) is 0.348. The Hall–Kier alpha value is -3.55. The first-order valence-electron chi connectivity index (χ1n) is 10.2. The van der Waals surface area contributed by atoms with Gasteiger partial charge in [-0.15, -0.1) is 0 Å². The summed E-state index contributed by atoms with van der Waals surface area (Å²) >= 11 is 0. The molecule has 8 nitrogen and oxygen atoms in total. The van der Waals surface area contributed by atoms with Crippen LogP contribution >= 0.6 is 0 Å². The number of nitrogens with zero attached hydrogens (tertiary/aromatic N) is 3. The summed E-state index contributed by atoms with van der Waals surface area (Å²) in [7, 11) is 3.17. The summed E-state index contributed by atoms with van der Waals surface area (Å²) in [5, 5.41) is 4.14. The van der Waals surface area contributed by atoms with E-state index < -0.39 is 0 Å². The van der Waals surface area contributed by atoms with Gasteiger partial charge < -0.3 is 23.6 Å². The molecule has 0 N–H and O–H groups in total. The molecule has 2 heterocycles. The first-order chi connectivity index (χ1) is 15.1. The number of hydrogen-bond donors (Lipinski definition) is 0. The molecule has 2 aromatic carbocycles. The van der Waals surface area contributed by atoms with Gasteiger partial charge in [0, 0.05) is 31.5 Å². The average Bonchev–Trinajstić information content (AvgIpc) is 3.41. The highest BCUT2D eigenvalue weighted by molar-refractivity contribution is 5.79. The summed E-state index contributed by atoms with van der Waals surface area (Å²) in [5.41, 5.74) is 1.70. The molecule has 3 aromatic rings. The Bertz CT molecular complexity index is 1060. The third-order valence-corrected chi connectivity index (χ3v) is 5.24.